The van der Waals surface area contributed by atoms with Gasteiger partial charge in [-0.25, -0.2) is 4.98 Å². The number of aromatic amines is 1. The van der Waals surface area contributed by atoms with Crippen LogP contribution in [0.4, 0.5) is 5.69 Å². The maximum absolute atomic E-state index is 13.1. The van der Waals surface area contributed by atoms with Gasteiger partial charge in [0.1, 0.15) is 11.5 Å². The fourth-order valence-corrected chi connectivity index (χ4v) is 4.86. The number of rotatable bonds is 9. The van der Waals surface area contributed by atoms with Crippen LogP contribution in [-0.2, 0) is 4.79 Å². The van der Waals surface area contributed by atoms with Crippen molar-refractivity contribution in [2.24, 2.45) is 0 Å². The van der Waals surface area contributed by atoms with Crippen LogP contribution in [0, 0.1) is 0 Å². The monoisotopic (exact) mass is 551 g/mol. The molecule has 0 radical (unpaired) electrons. The molecule has 6 nitrogen and oxygen atoms in total. The lowest BCUT2D eigenvalue weighted by atomic mass is 10.0. The van der Waals surface area contributed by atoms with Crippen LogP contribution in [0.2, 0.25) is 0 Å². The number of anilines is 1. The van der Waals surface area contributed by atoms with E-state index < -0.39 is 0 Å². The van der Waals surface area contributed by atoms with Gasteiger partial charge in [0, 0.05) is 15.6 Å². The summed E-state index contributed by atoms with van der Waals surface area (Å²) in [6.45, 7) is 2.00. The molecule has 0 aliphatic rings. The molecule has 2 N–H and O–H groups in total. The summed E-state index contributed by atoms with van der Waals surface area (Å²) < 4.78 is 11.5. The first-order chi connectivity index (χ1) is 17.0. The number of carbonyl (C=O) groups is 1. The Morgan fingerprint density at radius 1 is 0.971 bits per heavy atom. The SMILES string of the molecule is CCC(Sc1nc(-c2ccc(OC)cc2)c(-c2ccc(OC)cc2)[nH]1)C(=O)Nc1ccccc1Br. The Morgan fingerprint density at radius 2 is 1.57 bits per heavy atom. The van der Waals surface area contributed by atoms with E-state index in [4.69, 9.17) is 14.5 Å². The number of imidazole rings is 1. The third-order valence-electron chi connectivity index (χ3n) is 5.47. The zero-order valence-corrected chi connectivity index (χ0v) is 22.1. The number of H-pyrrole nitrogens is 1. The van der Waals surface area contributed by atoms with Gasteiger partial charge in [-0.3, -0.25) is 4.79 Å². The molecule has 0 bridgehead atoms. The molecule has 1 unspecified atom stereocenters. The van der Waals surface area contributed by atoms with Crippen LogP contribution >= 0.6 is 27.7 Å². The van der Waals surface area contributed by atoms with Gasteiger partial charge < -0.3 is 19.8 Å². The zero-order chi connectivity index (χ0) is 24.8. The van der Waals surface area contributed by atoms with E-state index in [0.717, 1.165) is 44.2 Å². The number of carbonyl (C=O) groups excluding carboxylic acids is 1. The first-order valence-corrected chi connectivity index (χ1v) is 12.8. The number of aromatic nitrogens is 2. The van der Waals surface area contributed by atoms with Crippen molar-refractivity contribution in [2.75, 3.05) is 19.5 Å². The third kappa shape index (κ3) is 5.89. The summed E-state index contributed by atoms with van der Waals surface area (Å²) in [6.07, 6.45) is 0.650. The minimum absolute atomic E-state index is 0.0715. The molecule has 0 saturated heterocycles. The largest absolute Gasteiger partial charge is 0.497 e. The minimum atomic E-state index is -0.319. The molecule has 0 spiro atoms. The summed E-state index contributed by atoms with van der Waals surface area (Å²) in [6, 6.07) is 23.2. The summed E-state index contributed by atoms with van der Waals surface area (Å²) in [5.74, 6) is 1.49. The minimum Gasteiger partial charge on any atom is -0.497 e. The normalized spacial score (nSPS) is 11.7. The predicted octanol–water partition coefficient (Wildman–Crippen LogP) is 7.03. The standard InChI is InChI=1S/C27H26BrN3O3S/c1-4-23(26(32)29-22-8-6-5-7-21(22)28)35-27-30-24(17-9-13-19(33-2)14-10-17)25(31-27)18-11-15-20(34-3)16-12-18/h5-16,23H,4H2,1-3H3,(H,29,32)(H,30,31). The Labute approximate surface area is 217 Å². The van der Waals surface area contributed by atoms with Gasteiger partial charge >= 0.3 is 0 Å². The number of methoxy groups -OCH3 is 2. The molecule has 1 amide bonds. The molecule has 0 aliphatic heterocycles. The van der Waals surface area contributed by atoms with Crippen molar-refractivity contribution in [3.05, 3.63) is 77.3 Å². The molecule has 35 heavy (non-hydrogen) atoms. The van der Waals surface area contributed by atoms with E-state index in [9.17, 15) is 4.79 Å². The highest BCUT2D eigenvalue weighted by atomic mass is 79.9. The Bertz CT molecular complexity index is 1230. The molecular weight excluding hydrogens is 526 g/mol. The molecule has 4 rings (SSSR count). The number of nitrogens with zero attached hydrogens (tertiary/aromatic N) is 1. The average Bonchev–Trinajstić information content (AvgIpc) is 3.32. The molecule has 0 fully saturated rings. The number of ether oxygens (including phenoxy) is 2. The van der Waals surface area contributed by atoms with Gasteiger partial charge in [0.15, 0.2) is 5.16 Å². The molecule has 0 aliphatic carbocycles. The van der Waals surface area contributed by atoms with Crippen LogP contribution < -0.4 is 14.8 Å². The molecule has 4 aromatic rings. The molecule has 1 atom stereocenters. The van der Waals surface area contributed by atoms with E-state index in [1.165, 1.54) is 11.8 Å². The number of hydrogen-bond acceptors (Lipinski definition) is 5. The zero-order valence-electron chi connectivity index (χ0n) is 19.7. The Morgan fingerprint density at radius 3 is 2.14 bits per heavy atom. The lowest BCUT2D eigenvalue weighted by molar-refractivity contribution is -0.115. The number of hydrogen-bond donors (Lipinski definition) is 2. The summed E-state index contributed by atoms with van der Waals surface area (Å²) >= 11 is 4.91. The molecule has 8 heteroatoms. The van der Waals surface area contributed by atoms with Gasteiger partial charge in [0.2, 0.25) is 5.91 Å². The predicted molar refractivity (Wildman–Crippen MR) is 145 cm³/mol. The second-order valence-electron chi connectivity index (χ2n) is 7.71. The van der Waals surface area contributed by atoms with Crippen LogP contribution in [0.15, 0.2) is 82.4 Å². The van der Waals surface area contributed by atoms with Crippen molar-refractivity contribution < 1.29 is 14.3 Å². The maximum Gasteiger partial charge on any atom is 0.237 e. The molecule has 1 heterocycles. The highest BCUT2D eigenvalue weighted by molar-refractivity contribution is 9.10. The van der Waals surface area contributed by atoms with Gasteiger partial charge in [0.25, 0.3) is 0 Å². The van der Waals surface area contributed by atoms with Gasteiger partial charge in [-0.15, -0.1) is 0 Å². The lowest BCUT2D eigenvalue weighted by Gasteiger charge is -2.14. The van der Waals surface area contributed by atoms with E-state index in [2.05, 4.69) is 26.2 Å². The quantitative estimate of drug-likeness (QED) is 0.218. The van der Waals surface area contributed by atoms with Gasteiger partial charge in [-0.1, -0.05) is 30.8 Å². The number of para-hydroxylation sites is 1. The van der Waals surface area contributed by atoms with Crippen molar-refractivity contribution in [2.45, 2.75) is 23.8 Å². The van der Waals surface area contributed by atoms with Gasteiger partial charge in [-0.05, 0) is 83.0 Å². The smallest absolute Gasteiger partial charge is 0.237 e. The Balaban J connectivity index is 1.65. The summed E-state index contributed by atoms with van der Waals surface area (Å²) in [5.41, 5.74) is 4.35. The van der Waals surface area contributed by atoms with Gasteiger partial charge in [0.05, 0.1) is 36.5 Å². The molecule has 0 saturated carbocycles. The van der Waals surface area contributed by atoms with Crippen LogP contribution in [-0.4, -0.2) is 35.3 Å². The first-order valence-electron chi connectivity index (χ1n) is 11.1. The fourth-order valence-electron chi connectivity index (χ4n) is 3.56. The number of amides is 1. The number of thioether (sulfide) groups is 1. The van der Waals surface area contributed by atoms with Crippen molar-refractivity contribution in [1.29, 1.82) is 0 Å². The molecular formula is C27H26BrN3O3S. The van der Waals surface area contributed by atoms with E-state index in [0.29, 0.717) is 11.6 Å². The number of halogens is 1. The lowest BCUT2D eigenvalue weighted by Crippen LogP contribution is -2.24. The maximum atomic E-state index is 13.1. The van der Waals surface area contributed by atoms with E-state index in [1.54, 1.807) is 14.2 Å². The molecule has 3 aromatic carbocycles. The highest BCUT2D eigenvalue weighted by Crippen LogP contribution is 2.36. The van der Waals surface area contributed by atoms with Crippen molar-refractivity contribution >= 4 is 39.3 Å². The van der Waals surface area contributed by atoms with Crippen LogP contribution in [0.25, 0.3) is 22.5 Å². The fraction of sp³-hybridized carbons (Fsp3) is 0.185. The summed E-state index contributed by atoms with van der Waals surface area (Å²) in [4.78, 5) is 21.4. The van der Waals surface area contributed by atoms with E-state index in [1.807, 2.05) is 79.7 Å². The summed E-state index contributed by atoms with van der Waals surface area (Å²) in [5, 5.41) is 3.37. The van der Waals surface area contributed by atoms with Crippen molar-refractivity contribution in [1.82, 2.24) is 9.97 Å². The Hall–Kier alpha value is -3.23. The first kappa shape index (κ1) is 24.9. The second kappa shape index (κ2) is 11.5. The van der Waals surface area contributed by atoms with Crippen LogP contribution in [0.5, 0.6) is 11.5 Å². The third-order valence-corrected chi connectivity index (χ3v) is 7.41. The average molecular weight is 552 g/mol. The Kier molecular flexibility index (Phi) is 8.15. The van der Waals surface area contributed by atoms with E-state index in [-0.39, 0.29) is 11.2 Å². The van der Waals surface area contributed by atoms with Crippen LogP contribution in [0.1, 0.15) is 13.3 Å². The van der Waals surface area contributed by atoms with Crippen LogP contribution in [0.3, 0.4) is 0 Å². The topological polar surface area (TPSA) is 76.2 Å². The molecule has 180 valence electrons. The van der Waals surface area contributed by atoms with Crippen molar-refractivity contribution in [3.63, 3.8) is 0 Å². The van der Waals surface area contributed by atoms with Gasteiger partial charge in [-0.2, -0.15) is 0 Å². The van der Waals surface area contributed by atoms with Crippen molar-refractivity contribution in [3.8, 4) is 34.0 Å². The summed E-state index contributed by atoms with van der Waals surface area (Å²) in [7, 11) is 3.29. The van der Waals surface area contributed by atoms with E-state index >= 15 is 0 Å². The number of nitrogens with one attached hydrogen (secondary N) is 2. The second-order valence-corrected chi connectivity index (χ2v) is 9.75. The highest BCUT2D eigenvalue weighted by Gasteiger charge is 2.23. The number of benzene rings is 3. The molecule has 1 aromatic heterocycles.